The number of aromatic hydroxyl groups is 2. The minimum absolute atomic E-state index is 0.321. The molecule has 6 nitrogen and oxygen atoms in total. The molecule has 1 saturated carbocycles. The average molecular weight is 255 g/mol. The molecular formula is C12H17NO5. The van der Waals surface area contributed by atoms with Crippen molar-refractivity contribution in [3.05, 3.63) is 12.1 Å². The van der Waals surface area contributed by atoms with E-state index >= 15 is 0 Å². The molecule has 1 heterocycles. The third-order valence-electron chi connectivity index (χ3n) is 3.13. The van der Waals surface area contributed by atoms with Crippen LogP contribution in [-0.4, -0.2) is 27.7 Å². The summed E-state index contributed by atoms with van der Waals surface area (Å²) in [4.78, 5) is 16.0. The Morgan fingerprint density at radius 2 is 1.83 bits per heavy atom. The smallest absolute Gasteiger partial charge is 0.492 e. The summed E-state index contributed by atoms with van der Waals surface area (Å²) in [6, 6.07) is 2.42. The quantitative estimate of drug-likeness (QED) is 0.808. The zero-order valence-corrected chi connectivity index (χ0v) is 10.0. The zero-order valence-electron chi connectivity index (χ0n) is 10.0. The van der Waals surface area contributed by atoms with E-state index in [4.69, 9.17) is 4.74 Å². The van der Waals surface area contributed by atoms with Crippen molar-refractivity contribution < 1.29 is 24.6 Å². The van der Waals surface area contributed by atoms with E-state index in [2.05, 4.69) is 4.84 Å². The molecule has 0 atom stereocenters. The molecule has 1 aliphatic rings. The van der Waals surface area contributed by atoms with E-state index in [0.29, 0.717) is 17.3 Å². The summed E-state index contributed by atoms with van der Waals surface area (Å²) in [5, 5.41) is 18.5. The van der Waals surface area contributed by atoms with Crippen molar-refractivity contribution in [2.45, 2.75) is 32.1 Å². The van der Waals surface area contributed by atoms with Gasteiger partial charge in [-0.1, -0.05) is 19.3 Å². The summed E-state index contributed by atoms with van der Waals surface area (Å²) in [7, 11) is 0. The lowest BCUT2D eigenvalue weighted by Crippen LogP contribution is -2.23. The largest absolute Gasteiger partial charge is 0.533 e. The Morgan fingerprint density at radius 1 is 1.22 bits per heavy atom. The molecule has 0 aliphatic heterocycles. The van der Waals surface area contributed by atoms with E-state index in [1.807, 2.05) is 0 Å². The highest BCUT2D eigenvalue weighted by Crippen LogP contribution is 2.24. The summed E-state index contributed by atoms with van der Waals surface area (Å²) in [5.74, 6) is -0.331. The van der Waals surface area contributed by atoms with Gasteiger partial charge in [0, 0.05) is 12.1 Å². The van der Waals surface area contributed by atoms with Crippen LogP contribution in [0.1, 0.15) is 32.1 Å². The van der Waals surface area contributed by atoms with Crippen LogP contribution in [0.2, 0.25) is 0 Å². The van der Waals surface area contributed by atoms with Crippen LogP contribution in [0.15, 0.2) is 12.1 Å². The number of aromatic nitrogens is 1. The highest BCUT2D eigenvalue weighted by atomic mass is 16.8. The van der Waals surface area contributed by atoms with E-state index in [9.17, 15) is 15.0 Å². The lowest BCUT2D eigenvalue weighted by molar-refractivity contribution is 0.0235. The molecule has 1 aromatic heterocycles. The first-order valence-electron chi connectivity index (χ1n) is 6.11. The number of nitrogens with zero attached hydrogens (tertiary/aromatic N) is 1. The highest BCUT2D eigenvalue weighted by Gasteiger charge is 2.18. The third-order valence-corrected chi connectivity index (χ3v) is 3.13. The van der Waals surface area contributed by atoms with Crippen LogP contribution in [0.3, 0.4) is 0 Å². The van der Waals surface area contributed by atoms with Gasteiger partial charge in [0.15, 0.2) is 0 Å². The second kappa shape index (κ2) is 5.66. The SMILES string of the molecule is O=C(OCC1CCCCC1)On1c(O)ccc1O. The predicted molar refractivity (Wildman–Crippen MR) is 62.3 cm³/mol. The monoisotopic (exact) mass is 255 g/mol. The maximum atomic E-state index is 11.4. The van der Waals surface area contributed by atoms with Gasteiger partial charge in [-0.15, -0.1) is 4.73 Å². The molecule has 0 unspecified atom stereocenters. The summed E-state index contributed by atoms with van der Waals surface area (Å²) in [6.45, 7) is 0.321. The summed E-state index contributed by atoms with van der Waals surface area (Å²) >= 11 is 0. The molecule has 0 radical (unpaired) electrons. The Balaban J connectivity index is 1.78. The van der Waals surface area contributed by atoms with Crippen molar-refractivity contribution in [3.8, 4) is 11.8 Å². The minimum atomic E-state index is -0.928. The van der Waals surface area contributed by atoms with Gasteiger partial charge in [0.1, 0.15) is 0 Å². The van der Waals surface area contributed by atoms with Gasteiger partial charge in [-0.2, -0.15) is 0 Å². The molecule has 1 aromatic rings. The molecule has 0 spiro atoms. The molecule has 0 saturated heterocycles. The lowest BCUT2D eigenvalue weighted by atomic mass is 9.90. The Labute approximate surface area is 105 Å². The number of hydrogen-bond acceptors (Lipinski definition) is 5. The highest BCUT2D eigenvalue weighted by molar-refractivity contribution is 5.60. The molecule has 18 heavy (non-hydrogen) atoms. The number of carbonyl (C=O) groups excluding carboxylic acids is 1. The van der Waals surface area contributed by atoms with Crippen LogP contribution in [0.25, 0.3) is 0 Å². The Kier molecular flexibility index (Phi) is 3.96. The normalized spacial score (nSPS) is 16.4. The van der Waals surface area contributed by atoms with Crippen molar-refractivity contribution in [2.75, 3.05) is 6.61 Å². The number of carbonyl (C=O) groups is 1. The van der Waals surface area contributed by atoms with Crippen molar-refractivity contribution >= 4 is 6.16 Å². The maximum Gasteiger partial charge on any atom is 0.533 e. The number of hydrogen-bond donors (Lipinski definition) is 2. The van der Waals surface area contributed by atoms with Crippen LogP contribution in [0, 0.1) is 5.92 Å². The van der Waals surface area contributed by atoms with E-state index < -0.39 is 6.16 Å². The van der Waals surface area contributed by atoms with Crippen LogP contribution in [0.4, 0.5) is 4.79 Å². The maximum absolute atomic E-state index is 11.4. The Hall–Kier alpha value is -1.85. The minimum Gasteiger partial charge on any atom is -0.492 e. The van der Waals surface area contributed by atoms with Gasteiger partial charge in [-0.3, -0.25) is 4.84 Å². The molecule has 0 aromatic carbocycles. The Morgan fingerprint density at radius 3 is 2.44 bits per heavy atom. The van der Waals surface area contributed by atoms with Crippen molar-refractivity contribution in [1.82, 2.24) is 4.73 Å². The third kappa shape index (κ3) is 3.09. The first-order chi connectivity index (χ1) is 8.66. The van der Waals surface area contributed by atoms with E-state index in [1.165, 1.54) is 31.4 Å². The number of rotatable bonds is 3. The fourth-order valence-electron chi connectivity index (χ4n) is 2.14. The molecule has 1 fully saturated rings. The number of ether oxygens (including phenoxy) is 1. The molecule has 0 bridgehead atoms. The molecular weight excluding hydrogens is 238 g/mol. The second-order valence-electron chi connectivity index (χ2n) is 4.50. The van der Waals surface area contributed by atoms with E-state index in [1.54, 1.807) is 0 Å². The first-order valence-corrected chi connectivity index (χ1v) is 6.11. The van der Waals surface area contributed by atoms with Crippen LogP contribution in [-0.2, 0) is 4.74 Å². The van der Waals surface area contributed by atoms with Crippen LogP contribution >= 0.6 is 0 Å². The summed E-state index contributed by atoms with van der Waals surface area (Å²) in [5.41, 5.74) is 0. The van der Waals surface area contributed by atoms with Crippen molar-refractivity contribution in [1.29, 1.82) is 0 Å². The van der Waals surface area contributed by atoms with Crippen molar-refractivity contribution in [3.63, 3.8) is 0 Å². The van der Waals surface area contributed by atoms with Gasteiger partial charge >= 0.3 is 6.16 Å². The van der Waals surface area contributed by atoms with Crippen LogP contribution < -0.4 is 4.84 Å². The Bertz CT molecular complexity index is 389. The van der Waals surface area contributed by atoms with Gasteiger partial charge in [0.2, 0.25) is 11.8 Å². The van der Waals surface area contributed by atoms with Gasteiger partial charge in [-0.25, -0.2) is 4.79 Å². The molecule has 2 rings (SSSR count). The second-order valence-corrected chi connectivity index (χ2v) is 4.50. The zero-order chi connectivity index (χ0) is 13.0. The van der Waals surface area contributed by atoms with Gasteiger partial charge < -0.3 is 14.9 Å². The molecule has 1 aliphatic carbocycles. The fourth-order valence-corrected chi connectivity index (χ4v) is 2.14. The average Bonchev–Trinajstić information content (AvgIpc) is 2.69. The topological polar surface area (TPSA) is 80.9 Å². The van der Waals surface area contributed by atoms with Crippen LogP contribution in [0.5, 0.6) is 11.8 Å². The van der Waals surface area contributed by atoms with E-state index in [-0.39, 0.29) is 11.8 Å². The molecule has 2 N–H and O–H groups in total. The van der Waals surface area contributed by atoms with Gasteiger partial charge in [0.05, 0.1) is 6.61 Å². The molecule has 6 heteroatoms. The molecule has 100 valence electrons. The lowest BCUT2D eigenvalue weighted by Gasteiger charge is -2.20. The summed E-state index contributed by atoms with van der Waals surface area (Å²) in [6.07, 6.45) is 4.78. The fraction of sp³-hybridized carbons (Fsp3) is 0.583. The predicted octanol–water partition coefficient (Wildman–Crippen LogP) is 2.04. The van der Waals surface area contributed by atoms with Gasteiger partial charge in [-0.05, 0) is 18.8 Å². The standard InChI is InChI=1S/C12H17NO5/c14-10-6-7-11(15)13(10)18-12(16)17-8-9-4-2-1-3-5-9/h6-7,9,14-15H,1-5,8H2. The van der Waals surface area contributed by atoms with Gasteiger partial charge in [0.25, 0.3) is 0 Å². The summed E-state index contributed by atoms with van der Waals surface area (Å²) < 4.78 is 5.57. The first kappa shape index (κ1) is 12.6. The van der Waals surface area contributed by atoms with E-state index in [0.717, 1.165) is 12.8 Å². The van der Waals surface area contributed by atoms with Crippen molar-refractivity contribution in [2.24, 2.45) is 5.92 Å². The molecule has 0 amide bonds.